The van der Waals surface area contributed by atoms with Crippen molar-refractivity contribution in [1.82, 2.24) is 10.2 Å². The van der Waals surface area contributed by atoms with Crippen molar-refractivity contribution in [3.05, 3.63) is 20.8 Å². The van der Waals surface area contributed by atoms with Gasteiger partial charge in [0.2, 0.25) is 0 Å². The highest BCUT2D eigenvalue weighted by molar-refractivity contribution is 14.0. The molecule has 0 radical (unpaired) electrons. The molecule has 1 N–H and O–H groups in total. The van der Waals surface area contributed by atoms with Gasteiger partial charge in [0.1, 0.15) is 0 Å². The summed E-state index contributed by atoms with van der Waals surface area (Å²) in [6.07, 6.45) is 2.48. The zero-order valence-corrected chi connectivity index (χ0v) is 19.0. The second-order valence-electron chi connectivity index (χ2n) is 6.55. The Kier molecular flexibility index (Phi) is 8.82. The molecule has 7 heteroatoms. The molecule has 0 atom stereocenters. The Bertz CT molecular complexity index is 508. The Morgan fingerprint density at radius 2 is 2.09 bits per heavy atom. The van der Waals surface area contributed by atoms with E-state index in [0.29, 0.717) is 6.10 Å². The van der Waals surface area contributed by atoms with Crippen molar-refractivity contribution in [2.24, 2.45) is 4.99 Å². The standard InChI is InChI=1S/C16H26BrN3OS.HI/c1-16(2,3)21-13-5-7-20(8-6-13)15(18-4)19-10-14-9-12(17)11-22-14;/h9,11,13H,5-8,10H2,1-4H3,(H,18,19);1H. The van der Waals surface area contributed by atoms with E-state index in [1.807, 2.05) is 7.05 Å². The molecule has 0 aliphatic carbocycles. The van der Waals surface area contributed by atoms with Crippen molar-refractivity contribution in [2.45, 2.75) is 51.9 Å². The first-order valence-corrected chi connectivity index (χ1v) is 9.41. The maximum Gasteiger partial charge on any atom is 0.193 e. The van der Waals surface area contributed by atoms with Crippen LogP contribution in [0.1, 0.15) is 38.5 Å². The molecule has 4 nitrogen and oxygen atoms in total. The van der Waals surface area contributed by atoms with E-state index >= 15 is 0 Å². The van der Waals surface area contributed by atoms with E-state index in [-0.39, 0.29) is 29.6 Å². The van der Waals surface area contributed by atoms with E-state index in [1.165, 1.54) is 4.88 Å². The Morgan fingerprint density at radius 3 is 2.57 bits per heavy atom. The molecule has 1 fully saturated rings. The number of nitrogens with one attached hydrogen (secondary N) is 1. The molecule has 1 aliphatic rings. The number of thiophene rings is 1. The van der Waals surface area contributed by atoms with Crippen LogP contribution in [-0.2, 0) is 11.3 Å². The topological polar surface area (TPSA) is 36.9 Å². The van der Waals surface area contributed by atoms with Gasteiger partial charge >= 0.3 is 0 Å². The lowest BCUT2D eigenvalue weighted by atomic mass is 10.1. The number of nitrogens with zero attached hydrogens (tertiary/aromatic N) is 2. The minimum Gasteiger partial charge on any atom is -0.372 e. The fourth-order valence-electron chi connectivity index (χ4n) is 2.63. The lowest BCUT2D eigenvalue weighted by Crippen LogP contribution is -2.47. The molecule has 2 rings (SSSR count). The van der Waals surface area contributed by atoms with Crippen LogP contribution in [0.5, 0.6) is 0 Å². The predicted octanol–water partition coefficient (Wildman–Crippen LogP) is 4.48. The molecular weight excluding hydrogens is 489 g/mol. The summed E-state index contributed by atoms with van der Waals surface area (Å²) < 4.78 is 7.22. The van der Waals surface area contributed by atoms with Gasteiger partial charge in [-0.2, -0.15) is 0 Å². The van der Waals surface area contributed by atoms with E-state index in [0.717, 1.165) is 42.9 Å². The maximum absolute atomic E-state index is 6.08. The quantitative estimate of drug-likeness (QED) is 0.366. The molecule has 0 unspecified atom stereocenters. The number of hydrogen-bond donors (Lipinski definition) is 1. The maximum atomic E-state index is 6.08. The van der Waals surface area contributed by atoms with Crippen LogP contribution in [-0.4, -0.2) is 42.7 Å². The van der Waals surface area contributed by atoms with Gasteiger partial charge in [0.05, 0.1) is 18.2 Å². The molecule has 1 aliphatic heterocycles. The third-order valence-electron chi connectivity index (χ3n) is 3.52. The molecule has 0 amide bonds. The van der Waals surface area contributed by atoms with Crippen molar-refractivity contribution in [2.75, 3.05) is 20.1 Å². The summed E-state index contributed by atoms with van der Waals surface area (Å²) in [6, 6.07) is 2.15. The largest absolute Gasteiger partial charge is 0.372 e. The van der Waals surface area contributed by atoms with Crippen LogP contribution in [0.15, 0.2) is 20.9 Å². The lowest BCUT2D eigenvalue weighted by molar-refractivity contribution is -0.0772. The predicted molar refractivity (Wildman–Crippen MR) is 113 cm³/mol. The number of ether oxygens (including phenoxy) is 1. The van der Waals surface area contributed by atoms with E-state index in [2.05, 4.69) is 63.4 Å². The summed E-state index contributed by atoms with van der Waals surface area (Å²) in [5.74, 6) is 0.985. The van der Waals surface area contributed by atoms with Crippen LogP contribution in [0.4, 0.5) is 0 Å². The van der Waals surface area contributed by atoms with Crippen molar-refractivity contribution >= 4 is 57.2 Å². The summed E-state index contributed by atoms with van der Waals surface area (Å²) in [5.41, 5.74) is -0.0562. The van der Waals surface area contributed by atoms with E-state index in [4.69, 9.17) is 4.74 Å². The first-order chi connectivity index (χ1) is 10.4. The fraction of sp³-hybridized carbons (Fsp3) is 0.688. The number of rotatable bonds is 3. The first-order valence-electron chi connectivity index (χ1n) is 7.74. The van der Waals surface area contributed by atoms with Crippen LogP contribution >= 0.6 is 51.2 Å². The van der Waals surface area contributed by atoms with Crippen molar-refractivity contribution < 1.29 is 4.74 Å². The lowest BCUT2D eigenvalue weighted by Gasteiger charge is -2.36. The number of piperidine rings is 1. The molecule has 0 aromatic carbocycles. The van der Waals surface area contributed by atoms with Crippen molar-refractivity contribution in [1.29, 1.82) is 0 Å². The molecule has 2 heterocycles. The number of likely N-dealkylation sites (tertiary alicyclic amines) is 1. The Morgan fingerprint density at radius 1 is 1.43 bits per heavy atom. The van der Waals surface area contributed by atoms with Crippen LogP contribution in [0.2, 0.25) is 0 Å². The monoisotopic (exact) mass is 515 g/mol. The molecule has 1 aromatic heterocycles. The van der Waals surface area contributed by atoms with Gasteiger partial charge in [0.25, 0.3) is 0 Å². The first kappa shape index (κ1) is 21.2. The molecular formula is C16H27BrIN3OS. The average molecular weight is 516 g/mol. The molecule has 1 saturated heterocycles. The van der Waals surface area contributed by atoms with Gasteiger partial charge in [0, 0.05) is 34.9 Å². The van der Waals surface area contributed by atoms with Gasteiger partial charge in [-0.15, -0.1) is 35.3 Å². The normalized spacial score (nSPS) is 17.1. The highest BCUT2D eigenvalue weighted by atomic mass is 127. The molecule has 0 bridgehead atoms. The highest BCUT2D eigenvalue weighted by Crippen LogP contribution is 2.21. The molecule has 132 valence electrons. The second-order valence-corrected chi connectivity index (χ2v) is 8.46. The molecule has 1 aromatic rings. The van der Waals surface area contributed by atoms with Crippen LogP contribution in [0, 0.1) is 0 Å². The fourth-order valence-corrected chi connectivity index (χ4v) is 4.02. The Hall–Kier alpha value is 0.140. The summed E-state index contributed by atoms with van der Waals surface area (Å²) >= 11 is 5.24. The number of aliphatic imine (C=N–C) groups is 1. The van der Waals surface area contributed by atoms with E-state index in [1.54, 1.807) is 11.3 Å². The average Bonchev–Trinajstić information content (AvgIpc) is 2.85. The smallest absolute Gasteiger partial charge is 0.193 e. The van der Waals surface area contributed by atoms with Crippen LogP contribution in [0.3, 0.4) is 0 Å². The molecule has 0 spiro atoms. The minimum atomic E-state index is -0.0562. The van der Waals surface area contributed by atoms with Gasteiger partial charge in [-0.25, -0.2) is 0 Å². The third kappa shape index (κ3) is 7.27. The second kappa shape index (κ2) is 9.58. The van der Waals surface area contributed by atoms with Gasteiger partial charge in [-0.3, -0.25) is 4.99 Å². The zero-order valence-electron chi connectivity index (χ0n) is 14.3. The van der Waals surface area contributed by atoms with E-state index < -0.39 is 0 Å². The van der Waals surface area contributed by atoms with Gasteiger partial charge in [-0.05, 0) is 55.6 Å². The summed E-state index contributed by atoms with van der Waals surface area (Å²) in [4.78, 5) is 8.05. The van der Waals surface area contributed by atoms with Crippen molar-refractivity contribution in [3.63, 3.8) is 0 Å². The number of guanidine groups is 1. The molecule has 0 saturated carbocycles. The number of halogens is 2. The summed E-state index contributed by atoms with van der Waals surface area (Å²) in [6.45, 7) is 9.18. The SMILES string of the molecule is CN=C(NCc1cc(Br)cs1)N1CCC(OC(C)(C)C)CC1.I. The highest BCUT2D eigenvalue weighted by Gasteiger charge is 2.25. The third-order valence-corrected chi connectivity index (χ3v) is 5.21. The Balaban J connectivity index is 0.00000264. The van der Waals surface area contributed by atoms with Crippen LogP contribution in [0.25, 0.3) is 0 Å². The summed E-state index contributed by atoms with van der Waals surface area (Å²) in [7, 11) is 1.85. The minimum absolute atomic E-state index is 0. The number of hydrogen-bond acceptors (Lipinski definition) is 3. The van der Waals surface area contributed by atoms with Crippen LogP contribution < -0.4 is 5.32 Å². The summed E-state index contributed by atoms with van der Waals surface area (Å²) in [5, 5.41) is 5.56. The van der Waals surface area contributed by atoms with Crippen molar-refractivity contribution in [3.8, 4) is 0 Å². The zero-order chi connectivity index (χ0) is 16.2. The van der Waals surface area contributed by atoms with E-state index in [9.17, 15) is 0 Å². The molecule has 23 heavy (non-hydrogen) atoms. The van der Waals surface area contributed by atoms with Gasteiger partial charge < -0.3 is 15.0 Å². The van der Waals surface area contributed by atoms with Gasteiger partial charge in [0.15, 0.2) is 5.96 Å². The Labute approximate surface area is 169 Å². The van der Waals surface area contributed by atoms with Gasteiger partial charge in [-0.1, -0.05) is 0 Å².